The van der Waals surface area contributed by atoms with Crippen LogP contribution in [0, 0.1) is 0 Å². The van der Waals surface area contributed by atoms with Crippen molar-refractivity contribution in [3.8, 4) is 0 Å². The van der Waals surface area contributed by atoms with Crippen molar-refractivity contribution in [1.82, 2.24) is 4.90 Å². The molecule has 0 saturated carbocycles. The van der Waals surface area contributed by atoms with Gasteiger partial charge in [-0.15, -0.1) is 0 Å². The molecule has 0 fully saturated rings. The summed E-state index contributed by atoms with van der Waals surface area (Å²) in [6.07, 6.45) is 4.31. The Morgan fingerprint density at radius 3 is 2.38 bits per heavy atom. The summed E-state index contributed by atoms with van der Waals surface area (Å²) < 4.78 is 4.67. The van der Waals surface area contributed by atoms with E-state index in [1.807, 2.05) is 49.8 Å². The molecule has 1 atom stereocenters. The summed E-state index contributed by atoms with van der Waals surface area (Å²) in [7, 11) is 1.40. The first kappa shape index (κ1) is 17.6. The van der Waals surface area contributed by atoms with Crippen molar-refractivity contribution >= 4 is 22.8 Å². The Balaban J connectivity index is 2.84. The lowest BCUT2D eigenvalue weighted by Gasteiger charge is -2.28. The second-order valence-electron chi connectivity index (χ2n) is 5.13. The summed E-state index contributed by atoms with van der Waals surface area (Å²) in [5.41, 5.74) is 1.07. The Kier molecular flexibility index (Phi) is 7.29. The van der Waals surface area contributed by atoms with Gasteiger partial charge in [-0.05, 0) is 23.4 Å². The zero-order chi connectivity index (χ0) is 15.8. The van der Waals surface area contributed by atoms with E-state index in [4.69, 9.17) is 0 Å². The molecule has 0 heterocycles. The largest absolute Gasteiger partial charge is 0.469 e. The first-order valence-corrected chi connectivity index (χ1v) is 9.12. The van der Waals surface area contributed by atoms with Gasteiger partial charge in [-0.2, -0.15) is 0 Å². The summed E-state index contributed by atoms with van der Waals surface area (Å²) in [6, 6.07) is 9.82. The standard InChI is InChI=1S/C16H24NO3S/c1-13(14-8-6-5-7-9-14)17(11-10-16(19)20-2)15(18)12-21(3)4/h5-9,13H,10-12H2,1-4H3/q+1/t13-/m1/s1. The first-order valence-electron chi connectivity index (χ1n) is 6.91. The van der Waals surface area contributed by atoms with Crippen LogP contribution in [0.2, 0.25) is 0 Å². The molecule has 5 heteroatoms. The molecule has 0 aliphatic rings. The van der Waals surface area contributed by atoms with Gasteiger partial charge in [-0.1, -0.05) is 30.3 Å². The molecular weight excluding hydrogens is 286 g/mol. The van der Waals surface area contributed by atoms with Gasteiger partial charge in [0, 0.05) is 6.54 Å². The number of ether oxygens (including phenoxy) is 1. The van der Waals surface area contributed by atoms with Crippen LogP contribution in [0.25, 0.3) is 0 Å². The van der Waals surface area contributed by atoms with E-state index in [2.05, 4.69) is 4.74 Å². The minimum Gasteiger partial charge on any atom is -0.469 e. The fourth-order valence-electron chi connectivity index (χ4n) is 2.09. The van der Waals surface area contributed by atoms with Crippen LogP contribution in [0.1, 0.15) is 24.9 Å². The molecule has 0 unspecified atom stereocenters. The van der Waals surface area contributed by atoms with Gasteiger partial charge >= 0.3 is 5.97 Å². The van der Waals surface area contributed by atoms with Gasteiger partial charge in [0.2, 0.25) is 0 Å². The van der Waals surface area contributed by atoms with Gasteiger partial charge < -0.3 is 9.64 Å². The number of benzene rings is 1. The smallest absolute Gasteiger partial charge is 0.307 e. The second-order valence-corrected chi connectivity index (χ2v) is 7.39. The molecule has 0 spiro atoms. The summed E-state index contributed by atoms with van der Waals surface area (Å²) >= 11 is 0. The van der Waals surface area contributed by atoms with E-state index in [-0.39, 0.29) is 35.2 Å². The molecule has 1 aromatic rings. The summed E-state index contributed by atoms with van der Waals surface area (Å²) in [5.74, 6) is 0.307. The Bertz CT molecular complexity index is 462. The number of methoxy groups -OCH3 is 1. The molecule has 116 valence electrons. The lowest BCUT2D eigenvalue weighted by atomic mass is 10.1. The van der Waals surface area contributed by atoms with E-state index in [1.165, 1.54) is 7.11 Å². The minimum absolute atomic E-state index is 0.0374. The van der Waals surface area contributed by atoms with Crippen LogP contribution in [-0.4, -0.2) is 48.7 Å². The first-order chi connectivity index (χ1) is 9.95. The number of carbonyl (C=O) groups excluding carboxylic acids is 2. The van der Waals surface area contributed by atoms with Crippen LogP contribution in [0.15, 0.2) is 30.3 Å². The van der Waals surface area contributed by atoms with E-state index < -0.39 is 0 Å². The summed E-state index contributed by atoms with van der Waals surface area (Å²) in [4.78, 5) is 25.6. The lowest BCUT2D eigenvalue weighted by molar-refractivity contribution is -0.142. The fourth-order valence-corrected chi connectivity index (χ4v) is 2.75. The van der Waals surface area contributed by atoms with E-state index >= 15 is 0 Å². The fraction of sp³-hybridized carbons (Fsp3) is 0.500. The maximum absolute atomic E-state index is 12.5. The number of hydrogen-bond donors (Lipinski definition) is 0. The monoisotopic (exact) mass is 310 g/mol. The lowest BCUT2D eigenvalue weighted by Crippen LogP contribution is -2.38. The van der Waals surface area contributed by atoms with Crippen molar-refractivity contribution in [3.05, 3.63) is 35.9 Å². The van der Waals surface area contributed by atoms with Gasteiger partial charge in [0.25, 0.3) is 5.91 Å². The van der Waals surface area contributed by atoms with Gasteiger partial charge in [0.05, 0.1) is 32.1 Å². The number of rotatable bonds is 7. The molecule has 1 amide bonds. The predicted octanol–water partition coefficient (Wildman–Crippen LogP) is 2.02. The van der Waals surface area contributed by atoms with Crippen molar-refractivity contribution < 1.29 is 14.3 Å². The van der Waals surface area contributed by atoms with Crippen LogP contribution in [-0.2, 0) is 25.2 Å². The van der Waals surface area contributed by atoms with Crippen LogP contribution < -0.4 is 0 Å². The van der Waals surface area contributed by atoms with Gasteiger partial charge in [0.15, 0.2) is 5.75 Å². The number of hydrogen-bond acceptors (Lipinski definition) is 3. The molecule has 4 nitrogen and oxygen atoms in total. The highest BCUT2D eigenvalue weighted by Crippen LogP contribution is 2.20. The average Bonchev–Trinajstić information content (AvgIpc) is 2.47. The second kappa shape index (κ2) is 8.72. The SMILES string of the molecule is COC(=O)CCN(C(=O)C[S+](C)C)[C@H](C)c1ccccc1. The number of esters is 1. The van der Waals surface area contributed by atoms with Gasteiger partial charge in [-0.3, -0.25) is 9.59 Å². The van der Waals surface area contributed by atoms with Crippen molar-refractivity contribution in [2.24, 2.45) is 0 Å². The maximum atomic E-state index is 12.5. The Morgan fingerprint density at radius 2 is 1.86 bits per heavy atom. The molecule has 0 N–H and O–H groups in total. The third-order valence-corrected chi connectivity index (χ3v) is 4.09. The summed E-state index contributed by atoms with van der Waals surface area (Å²) in [5, 5.41) is 0. The number of carbonyl (C=O) groups is 2. The van der Waals surface area contributed by atoms with E-state index in [1.54, 1.807) is 4.90 Å². The van der Waals surface area contributed by atoms with Crippen molar-refractivity contribution in [3.63, 3.8) is 0 Å². The van der Waals surface area contributed by atoms with Crippen molar-refractivity contribution in [2.45, 2.75) is 19.4 Å². The Labute approximate surface area is 129 Å². The molecule has 1 rings (SSSR count). The zero-order valence-electron chi connectivity index (χ0n) is 13.2. The highest BCUT2D eigenvalue weighted by Gasteiger charge is 2.25. The Hall–Kier alpha value is -1.49. The minimum atomic E-state index is -0.292. The summed E-state index contributed by atoms with van der Waals surface area (Å²) in [6.45, 7) is 2.38. The van der Waals surface area contributed by atoms with Gasteiger partial charge in [0.1, 0.15) is 0 Å². The normalized spacial score (nSPS) is 12.0. The molecular formula is C16H24NO3S+. The van der Waals surface area contributed by atoms with Crippen LogP contribution in [0.3, 0.4) is 0 Å². The predicted molar refractivity (Wildman–Crippen MR) is 87.3 cm³/mol. The third kappa shape index (κ3) is 5.79. The van der Waals surface area contributed by atoms with Gasteiger partial charge in [-0.25, -0.2) is 0 Å². The van der Waals surface area contributed by atoms with Crippen LogP contribution >= 0.6 is 0 Å². The average molecular weight is 310 g/mol. The quantitative estimate of drug-likeness (QED) is 0.572. The molecule has 21 heavy (non-hydrogen) atoms. The topological polar surface area (TPSA) is 46.6 Å². The van der Waals surface area contributed by atoms with Crippen LogP contribution in [0.5, 0.6) is 0 Å². The maximum Gasteiger partial charge on any atom is 0.307 e. The molecule has 0 radical (unpaired) electrons. The molecule has 1 aromatic carbocycles. The molecule has 0 aliphatic heterocycles. The van der Waals surface area contributed by atoms with E-state index in [9.17, 15) is 9.59 Å². The molecule has 0 bridgehead atoms. The molecule has 0 aromatic heterocycles. The zero-order valence-corrected chi connectivity index (χ0v) is 14.0. The number of amides is 1. The molecule has 0 aliphatic carbocycles. The van der Waals surface area contributed by atoms with Crippen molar-refractivity contribution in [1.29, 1.82) is 0 Å². The molecule has 0 saturated heterocycles. The highest BCUT2D eigenvalue weighted by molar-refractivity contribution is 7.96. The third-order valence-electron chi connectivity index (χ3n) is 3.27. The van der Waals surface area contributed by atoms with Crippen LogP contribution in [0.4, 0.5) is 0 Å². The number of nitrogens with zero attached hydrogens (tertiary/aromatic N) is 1. The highest BCUT2D eigenvalue weighted by atomic mass is 32.2. The Morgan fingerprint density at radius 1 is 1.24 bits per heavy atom. The van der Waals surface area contributed by atoms with Crippen molar-refractivity contribution in [2.75, 3.05) is 31.9 Å². The van der Waals surface area contributed by atoms with E-state index in [0.717, 1.165) is 5.56 Å². The van der Waals surface area contributed by atoms with E-state index in [0.29, 0.717) is 12.3 Å².